The lowest BCUT2D eigenvalue weighted by molar-refractivity contribution is -0.870. The molecule has 2 unspecified atom stereocenters. The van der Waals surface area contributed by atoms with Crippen molar-refractivity contribution in [2.45, 2.75) is 238 Å². The Morgan fingerprint density at radius 3 is 0.854 bits per heavy atom. The van der Waals surface area contributed by atoms with E-state index in [4.69, 9.17) is 18.5 Å². The van der Waals surface area contributed by atoms with Crippen LogP contribution in [0.5, 0.6) is 0 Å². The van der Waals surface area contributed by atoms with Crippen molar-refractivity contribution in [2.75, 3.05) is 47.5 Å². The lowest BCUT2D eigenvalue weighted by atomic mass is 10.1. The molecule has 0 bridgehead atoms. The Balaban J connectivity index is 4.24. The van der Waals surface area contributed by atoms with E-state index in [0.29, 0.717) is 23.9 Å². The summed E-state index contributed by atoms with van der Waals surface area (Å²) in [6.45, 7) is 4.11. The van der Waals surface area contributed by atoms with Crippen LogP contribution in [0, 0.1) is 0 Å². The molecule has 0 aromatic heterocycles. The van der Waals surface area contributed by atoms with Crippen molar-refractivity contribution in [1.29, 1.82) is 0 Å². The van der Waals surface area contributed by atoms with Gasteiger partial charge in [-0.1, -0.05) is 295 Å². The van der Waals surface area contributed by atoms with Gasteiger partial charge in [0.25, 0.3) is 0 Å². The molecule has 0 rings (SSSR count). The summed E-state index contributed by atoms with van der Waals surface area (Å²) in [6.07, 6.45) is 120. The molecule has 0 saturated heterocycles. The van der Waals surface area contributed by atoms with Crippen LogP contribution in [-0.2, 0) is 32.7 Å². The average molecular weight is 1340 g/mol. The number of hydrogen-bond acceptors (Lipinski definition) is 7. The van der Waals surface area contributed by atoms with Gasteiger partial charge in [-0.05, 0) is 167 Å². The van der Waals surface area contributed by atoms with Gasteiger partial charge in [0.1, 0.15) is 19.8 Å². The van der Waals surface area contributed by atoms with Crippen molar-refractivity contribution < 1.29 is 42.1 Å². The lowest BCUT2D eigenvalue weighted by Crippen LogP contribution is -2.37. The number of ether oxygens (including phenoxy) is 2. The molecule has 0 aliphatic heterocycles. The molecule has 0 aliphatic rings. The molecule has 0 fully saturated rings. The SMILES string of the molecule is CC/C=C\C/C=C\C/C=C\C/C=C\C/C=C\C/C=C\C/C=C\C/C=C\C/C=C\C/C=C\CCCCCCCCCCC(=O)OC(COC(=O)CCCC/C=C\C/C=C\C/C=C\C/C=C\C/C=C\C/C=C\C/C=C\C/C=C\C/C=C\C/C=C\CC)COP(=O)(O)OCC[N+](C)(C)C. The van der Waals surface area contributed by atoms with E-state index in [1.165, 1.54) is 25.7 Å². The van der Waals surface area contributed by atoms with Crippen molar-refractivity contribution in [3.63, 3.8) is 0 Å². The molecule has 0 aromatic carbocycles. The first-order valence-corrected chi connectivity index (χ1v) is 38.3. The number of hydrogen-bond donors (Lipinski definition) is 1. The molecule has 9 nitrogen and oxygen atoms in total. The molecule has 534 valence electrons. The minimum absolute atomic E-state index is 0.00858. The second kappa shape index (κ2) is 73.1. The maximum atomic E-state index is 12.9. The molecule has 1 N–H and O–H groups in total. The van der Waals surface area contributed by atoms with Crippen LogP contribution in [0.2, 0.25) is 0 Å². The van der Waals surface area contributed by atoms with Crippen LogP contribution in [0.15, 0.2) is 243 Å². The number of phosphoric acid groups is 1. The molecule has 0 aliphatic carbocycles. The Bertz CT molecular complexity index is 2520. The van der Waals surface area contributed by atoms with E-state index in [1.807, 2.05) is 21.1 Å². The third kappa shape index (κ3) is 76.8. The smallest absolute Gasteiger partial charge is 0.462 e. The Kier molecular flexibility index (Phi) is 68.4. The highest BCUT2D eigenvalue weighted by molar-refractivity contribution is 7.47. The number of carbonyl (C=O) groups is 2. The Morgan fingerprint density at radius 1 is 0.323 bits per heavy atom. The van der Waals surface area contributed by atoms with E-state index >= 15 is 0 Å². The third-order valence-corrected chi connectivity index (χ3v) is 15.4. The van der Waals surface area contributed by atoms with E-state index in [9.17, 15) is 19.0 Å². The maximum Gasteiger partial charge on any atom is 0.472 e. The largest absolute Gasteiger partial charge is 0.472 e. The van der Waals surface area contributed by atoms with Crippen LogP contribution in [0.1, 0.15) is 232 Å². The molecule has 2 atom stereocenters. The molecular weight excluding hydrogens is 1210 g/mol. The van der Waals surface area contributed by atoms with Gasteiger partial charge >= 0.3 is 19.8 Å². The highest BCUT2D eigenvalue weighted by Crippen LogP contribution is 2.43. The fourth-order valence-electron chi connectivity index (χ4n) is 8.83. The number of nitrogens with zero attached hydrogens (tertiary/aromatic N) is 1. The summed E-state index contributed by atoms with van der Waals surface area (Å²) in [5.74, 6) is -0.879. The first kappa shape index (κ1) is 89.8. The summed E-state index contributed by atoms with van der Waals surface area (Å²) < 4.78 is 34.7. The van der Waals surface area contributed by atoms with Crippen molar-refractivity contribution in [1.82, 2.24) is 0 Å². The number of quaternary nitrogens is 1. The summed E-state index contributed by atoms with van der Waals surface area (Å²) in [5.41, 5.74) is 0. The van der Waals surface area contributed by atoms with E-state index < -0.39 is 32.5 Å². The number of esters is 2. The van der Waals surface area contributed by atoms with Crippen LogP contribution >= 0.6 is 7.82 Å². The fraction of sp³-hybridized carbons (Fsp3) is 0.512. The number of likely N-dealkylation sites (N-methyl/N-ethyl adjacent to an activating group) is 1. The van der Waals surface area contributed by atoms with Crippen LogP contribution in [-0.4, -0.2) is 74.9 Å². The molecule has 0 spiro atoms. The number of unbranched alkanes of at least 4 members (excludes halogenated alkanes) is 10. The van der Waals surface area contributed by atoms with Gasteiger partial charge in [-0.25, -0.2) is 4.57 Å². The van der Waals surface area contributed by atoms with Gasteiger partial charge in [0.2, 0.25) is 0 Å². The van der Waals surface area contributed by atoms with E-state index in [-0.39, 0.29) is 26.1 Å². The summed E-state index contributed by atoms with van der Waals surface area (Å²) in [5, 5.41) is 0. The van der Waals surface area contributed by atoms with Gasteiger partial charge in [-0.2, -0.15) is 0 Å². The molecule has 96 heavy (non-hydrogen) atoms. The fourth-order valence-corrected chi connectivity index (χ4v) is 9.58. The average Bonchev–Trinajstić information content (AvgIpc) is 1.98. The van der Waals surface area contributed by atoms with Crippen molar-refractivity contribution in [2.24, 2.45) is 0 Å². The predicted octanol–water partition coefficient (Wildman–Crippen LogP) is 24.7. The summed E-state index contributed by atoms with van der Waals surface area (Å²) in [4.78, 5) is 35.9. The van der Waals surface area contributed by atoms with E-state index in [0.717, 1.165) is 167 Å². The van der Waals surface area contributed by atoms with Crippen molar-refractivity contribution in [3.05, 3.63) is 243 Å². The molecule has 10 heteroatoms. The monoisotopic (exact) mass is 1340 g/mol. The quantitative estimate of drug-likeness (QED) is 0.0211. The third-order valence-electron chi connectivity index (χ3n) is 14.4. The molecular formula is C86H133NO8P+. The first-order valence-electron chi connectivity index (χ1n) is 36.8. The summed E-state index contributed by atoms with van der Waals surface area (Å²) in [7, 11) is 1.41. The normalized spacial score (nSPS) is 14.5. The van der Waals surface area contributed by atoms with Crippen LogP contribution in [0.3, 0.4) is 0 Å². The highest BCUT2D eigenvalue weighted by atomic mass is 31.2. The molecule has 0 amide bonds. The number of rotatable bonds is 64. The topological polar surface area (TPSA) is 108 Å². The molecule has 0 radical (unpaired) electrons. The Hall–Kier alpha value is -6.19. The minimum Gasteiger partial charge on any atom is -0.462 e. The Labute approximate surface area is 587 Å². The summed E-state index contributed by atoms with van der Waals surface area (Å²) >= 11 is 0. The lowest BCUT2D eigenvalue weighted by Gasteiger charge is -2.24. The second-order valence-corrected chi connectivity index (χ2v) is 26.0. The van der Waals surface area contributed by atoms with Crippen molar-refractivity contribution >= 4 is 19.8 Å². The molecule has 0 aromatic rings. The number of phosphoric ester groups is 1. The Morgan fingerprint density at radius 2 is 0.562 bits per heavy atom. The highest BCUT2D eigenvalue weighted by Gasteiger charge is 2.27. The van der Waals surface area contributed by atoms with Gasteiger partial charge < -0.3 is 18.9 Å². The van der Waals surface area contributed by atoms with Crippen LogP contribution in [0.25, 0.3) is 0 Å². The van der Waals surface area contributed by atoms with Gasteiger partial charge in [0.15, 0.2) is 6.10 Å². The van der Waals surface area contributed by atoms with Crippen LogP contribution < -0.4 is 0 Å². The number of allylic oxidation sites excluding steroid dienone is 40. The van der Waals surface area contributed by atoms with Crippen LogP contribution in [0.4, 0.5) is 0 Å². The predicted molar refractivity (Wildman–Crippen MR) is 417 cm³/mol. The van der Waals surface area contributed by atoms with Gasteiger partial charge in [0, 0.05) is 12.8 Å². The zero-order chi connectivity index (χ0) is 69.7. The zero-order valence-corrected chi connectivity index (χ0v) is 61.6. The second-order valence-electron chi connectivity index (χ2n) is 24.5. The van der Waals surface area contributed by atoms with Gasteiger partial charge in [-0.15, -0.1) is 0 Å². The minimum atomic E-state index is -4.43. The van der Waals surface area contributed by atoms with Gasteiger partial charge in [0.05, 0.1) is 27.7 Å². The molecule has 0 heterocycles. The standard InChI is InChI=1S/C86H132NO8P/c1-6-8-10-12-14-16-18-20-22-24-26-28-30-32-34-36-38-40-41-42-43-44-45-47-49-51-53-55-57-59-61-63-65-67-69-71-73-75-77-79-86(89)95-84(83-94-96(90,91)93-81-80-87(3,4)5)82-92-85(88)78-76-74-72-70-68-66-64-62-60-58-56-54-52-50-48-46-39-37-35-33-31-29-27-25-23-21-19-17-15-13-11-9-7-2/h8-11,14-17,20-23,26-29,32-35,38-40,42-43,45-47,50-53,56-59,62,64,68,70,84H,6-7,12-13,18-19,24-25,30-31,36-37,41,44,48-49,54-55,60-61,63,65-67,69,71-83H2,1-5H3/p+1/b10-8-,11-9-,16-14-,17-15-,22-20-,23-21-,28-26-,29-27-,34-32-,35-33-,40-38-,43-42-,46-39-,47-45-,52-50-,53-51-,58-56-,59-57-,64-62-,70-68-. The van der Waals surface area contributed by atoms with Crippen molar-refractivity contribution in [3.8, 4) is 0 Å². The van der Waals surface area contributed by atoms with E-state index in [2.05, 4.69) is 257 Å². The van der Waals surface area contributed by atoms with Gasteiger partial charge in [-0.3, -0.25) is 18.6 Å². The summed E-state index contributed by atoms with van der Waals surface area (Å²) in [6, 6.07) is 0. The zero-order valence-electron chi connectivity index (χ0n) is 60.7. The maximum absolute atomic E-state index is 12.9. The first-order chi connectivity index (χ1) is 47.0. The molecule has 0 saturated carbocycles. The van der Waals surface area contributed by atoms with E-state index in [1.54, 1.807) is 0 Å². The number of carbonyl (C=O) groups excluding carboxylic acids is 2.